The van der Waals surface area contributed by atoms with E-state index in [2.05, 4.69) is 25.8 Å². The molecule has 1 saturated heterocycles. The van der Waals surface area contributed by atoms with Crippen LogP contribution in [0.25, 0.3) is 16.7 Å². The number of nitrogens with zero attached hydrogens (tertiary/aromatic N) is 7. The number of nitrogen functional groups attached to an aromatic ring is 1. The lowest BCUT2D eigenvalue weighted by molar-refractivity contribution is -0.165. The quantitative estimate of drug-likeness (QED) is 0.340. The number of carbonyl (C=O) groups is 2. The van der Waals surface area contributed by atoms with Gasteiger partial charge in [0.05, 0.1) is 25.0 Å². The van der Waals surface area contributed by atoms with Crippen molar-refractivity contribution < 1.29 is 28.3 Å². The van der Waals surface area contributed by atoms with Gasteiger partial charge in [0.1, 0.15) is 17.3 Å². The highest BCUT2D eigenvalue weighted by atomic mass is 19.1. The van der Waals surface area contributed by atoms with Gasteiger partial charge in [-0.05, 0) is 13.0 Å². The third kappa shape index (κ3) is 4.20. The number of nitriles is 1. The maximum Gasteiger partial charge on any atom is 0.260 e. The number of halogens is 1. The average Bonchev–Trinajstić information content (AvgIpc) is 3.51. The Labute approximate surface area is 207 Å². The Hall–Kier alpha value is -4.94. The van der Waals surface area contributed by atoms with Gasteiger partial charge in [0.15, 0.2) is 34.6 Å². The van der Waals surface area contributed by atoms with Gasteiger partial charge in [-0.2, -0.15) is 10.4 Å². The van der Waals surface area contributed by atoms with Crippen LogP contribution in [0.3, 0.4) is 0 Å². The lowest BCUT2D eigenvalue weighted by Crippen LogP contribution is -2.61. The van der Waals surface area contributed by atoms with Crippen LogP contribution in [0.4, 0.5) is 21.7 Å². The highest BCUT2D eigenvalue weighted by molar-refractivity contribution is 6.06. The van der Waals surface area contributed by atoms with E-state index in [4.69, 9.17) is 20.3 Å². The van der Waals surface area contributed by atoms with Crippen molar-refractivity contribution in [1.82, 2.24) is 25.1 Å². The first kappa shape index (κ1) is 23.8. The second-order valence-corrected chi connectivity index (χ2v) is 8.27. The number of amides is 2. The van der Waals surface area contributed by atoms with Crippen LogP contribution in [-0.2, 0) is 14.3 Å². The Balaban J connectivity index is 1.35. The van der Waals surface area contributed by atoms with E-state index in [0.717, 1.165) is 13.0 Å². The summed E-state index contributed by atoms with van der Waals surface area (Å²) < 4.78 is 26.2. The number of aliphatic hydroxyl groups is 1. The van der Waals surface area contributed by atoms with Gasteiger partial charge in [-0.15, -0.1) is 10.2 Å². The Kier molecular flexibility index (Phi) is 5.74. The number of morpholine rings is 1. The number of carbonyl (C=O) groups excluding carboxylic acids is 2. The van der Waals surface area contributed by atoms with Crippen LogP contribution in [0.1, 0.15) is 12.6 Å². The molecule has 2 unspecified atom stereocenters. The number of nitrogens with one attached hydrogen (secondary N) is 1. The fourth-order valence-electron chi connectivity index (χ4n) is 3.85. The minimum absolute atomic E-state index is 0.0000186. The normalized spacial score (nSPS) is 17.4. The summed E-state index contributed by atoms with van der Waals surface area (Å²) in [5.41, 5.74) is 3.69. The largest absolute Gasteiger partial charge is 0.380 e. The van der Waals surface area contributed by atoms with Crippen LogP contribution in [0.5, 0.6) is 0 Å². The average molecular weight is 507 g/mol. The molecule has 5 rings (SSSR count). The monoisotopic (exact) mass is 507 g/mol. The summed E-state index contributed by atoms with van der Waals surface area (Å²) in [5, 5.41) is 37.6. The first-order valence-corrected chi connectivity index (χ1v) is 10.8. The molecule has 3 aromatic heterocycles. The fraction of sp³-hybridized carbons (Fsp3) is 0.227. The van der Waals surface area contributed by atoms with Gasteiger partial charge < -0.3 is 25.4 Å². The van der Waals surface area contributed by atoms with Crippen LogP contribution in [0.2, 0.25) is 0 Å². The maximum atomic E-state index is 14.4. The summed E-state index contributed by atoms with van der Waals surface area (Å²) in [6.45, 7) is 1.22. The molecule has 0 saturated carbocycles. The summed E-state index contributed by atoms with van der Waals surface area (Å²) in [4.78, 5) is 27.5. The van der Waals surface area contributed by atoms with Gasteiger partial charge in [-0.3, -0.25) is 14.5 Å². The molecule has 4 heterocycles. The van der Waals surface area contributed by atoms with Gasteiger partial charge in [0.2, 0.25) is 0 Å². The second-order valence-electron chi connectivity index (χ2n) is 8.27. The number of ether oxygens (including phenoxy) is 1. The molecule has 0 aliphatic carbocycles. The third-order valence-electron chi connectivity index (χ3n) is 5.74. The first-order chi connectivity index (χ1) is 17.7. The van der Waals surface area contributed by atoms with Crippen molar-refractivity contribution in [3.05, 3.63) is 48.2 Å². The topological polar surface area (TPSA) is 198 Å². The van der Waals surface area contributed by atoms with Crippen molar-refractivity contribution in [2.24, 2.45) is 0 Å². The molecule has 1 aliphatic heterocycles. The maximum absolute atomic E-state index is 14.4. The smallest absolute Gasteiger partial charge is 0.260 e. The number of rotatable bonds is 5. The van der Waals surface area contributed by atoms with E-state index >= 15 is 0 Å². The molecule has 0 radical (unpaired) electrons. The predicted molar refractivity (Wildman–Crippen MR) is 124 cm³/mol. The van der Waals surface area contributed by atoms with Gasteiger partial charge >= 0.3 is 0 Å². The van der Waals surface area contributed by atoms with Crippen LogP contribution in [-0.4, -0.2) is 66.9 Å². The Morgan fingerprint density at radius 3 is 3.00 bits per heavy atom. The van der Waals surface area contributed by atoms with Crippen molar-refractivity contribution in [1.29, 1.82) is 5.26 Å². The zero-order valence-corrected chi connectivity index (χ0v) is 19.1. The lowest BCUT2D eigenvalue weighted by atomic mass is 9.95. The summed E-state index contributed by atoms with van der Waals surface area (Å²) in [7, 11) is 0. The number of hydrogen-bond donors (Lipinski definition) is 3. The summed E-state index contributed by atoms with van der Waals surface area (Å²) in [6.07, 6.45) is 1.36. The van der Waals surface area contributed by atoms with Crippen molar-refractivity contribution in [3.63, 3.8) is 0 Å². The Bertz CT molecular complexity index is 1570. The molecule has 1 aliphatic rings. The highest BCUT2D eigenvalue weighted by Crippen LogP contribution is 2.29. The number of nitrogens with two attached hydrogens (primary N) is 1. The van der Waals surface area contributed by atoms with Gasteiger partial charge in [0, 0.05) is 30.1 Å². The zero-order valence-electron chi connectivity index (χ0n) is 19.1. The molecule has 14 nitrogen and oxygen atoms in total. The predicted octanol–water partition coefficient (Wildman–Crippen LogP) is 0.518. The molecule has 4 N–H and O–H groups in total. The molecule has 4 aromatic rings. The van der Waals surface area contributed by atoms with E-state index < -0.39 is 29.3 Å². The number of fused-ring (bicyclic) bond motifs is 1. The van der Waals surface area contributed by atoms with Gasteiger partial charge in [-0.25, -0.2) is 9.07 Å². The minimum atomic E-state index is -2.35. The van der Waals surface area contributed by atoms with Gasteiger partial charge in [-0.1, -0.05) is 5.16 Å². The molecular weight excluding hydrogens is 489 g/mol. The molecule has 1 aromatic carbocycles. The molecule has 2 atom stereocenters. The van der Waals surface area contributed by atoms with Crippen LogP contribution in [0, 0.1) is 17.1 Å². The third-order valence-corrected chi connectivity index (χ3v) is 5.74. The number of benzene rings is 1. The van der Waals surface area contributed by atoms with Gasteiger partial charge in [0.25, 0.3) is 11.8 Å². The molecule has 188 valence electrons. The molecule has 37 heavy (non-hydrogen) atoms. The minimum Gasteiger partial charge on any atom is -0.380 e. The first-order valence-electron chi connectivity index (χ1n) is 10.8. The van der Waals surface area contributed by atoms with Crippen molar-refractivity contribution in [2.75, 3.05) is 29.1 Å². The van der Waals surface area contributed by atoms with Crippen LogP contribution < -0.4 is 16.0 Å². The standard InChI is InChI=1S/C22H18FN9O5/c1-22(35,21(34)27-11-7-14(23)17-15(8-11)37-30-19(17)25)18-20(33)31(4-5-36-18)16-2-3-32(29-16)13-6-12(9-24)28-26-10-13/h2-3,6-8,10,18,35H,4-5H2,1H3,(H2,25,30)(H,27,34). The summed E-state index contributed by atoms with van der Waals surface area (Å²) in [6, 6.07) is 7.16. The lowest BCUT2D eigenvalue weighted by Gasteiger charge is -2.37. The van der Waals surface area contributed by atoms with E-state index in [0.29, 0.717) is 5.69 Å². The SMILES string of the molecule is CC(O)(C(=O)Nc1cc(F)c2c(N)noc2c1)C1OCCN(c2ccn(-c3cnnc(C#N)c3)n2)C1=O. The summed E-state index contributed by atoms with van der Waals surface area (Å²) >= 11 is 0. The van der Waals surface area contributed by atoms with Crippen molar-refractivity contribution in [3.8, 4) is 11.8 Å². The molecular formula is C22H18FN9O5. The Morgan fingerprint density at radius 1 is 1.41 bits per heavy atom. The zero-order chi connectivity index (χ0) is 26.3. The molecule has 15 heteroatoms. The van der Waals surface area contributed by atoms with E-state index in [9.17, 15) is 19.1 Å². The molecule has 0 bridgehead atoms. The van der Waals surface area contributed by atoms with Crippen LogP contribution in [0.15, 0.2) is 41.2 Å². The fourth-order valence-corrected chi connectivity index (χ4v) is 3.85. The van der Waals surface area contributed by atoms with E-state index in [-0.39, 0.29) is 47.1 Å². The number of anilines is 3. The van der Waals surface area contributed by atoms with E-state index in [1.807, 2.05) is 6.07 Å². The molecule has 1 fully saturated rings. The number of aromatic nitrogens is 5. The van der Waals surface area contributed by atoms with Crippen molar-refractivity contribution >= 4 is 40.1 Å². The summed E-state index contributed by atoms with van der Waals surface area (Å²) in [5.74, 6) is -2.44. The number of hydrogen-bond acceptors (Lipinski definition) is 11. The molecule has 2 amide bonds. The Morgan fingerprint density at radius 2 is 2.22 bits per heavy atom. The van der Waals surface area contributed by atoms with E-state index in [1.165, 1.54) is 27.9 Å². The molecule has 0 spiro atoms. The highest BCUT2D eigenvalue weighted by Gasteiger charge is 2.49. The van der Waals surface area contributed by atoms with E-state index in [1.54, 1.807) is 12.3 Å². The second kappa shape index (κ2) is 8.93. The van der Waals surface area contributed by atoms with Crippen LogP contribution >= 0.6 is 0 Å². The van der Waals surface area contributed by atoms with Crippen molar-refractivity contribution in [2.45, 2.75) is 18.6 Å².